The molecule has 110 valence electrons. The van der Waals surface area contributed by atoms with Crippen molar-refractivity contribution in [1.29, 1.82) is 0 Å². The summed E-state index contributed by atoms with van der Waals surface area (Å²) in [5, 5.41) is 0. The van der Waals surface area contributed by atoms with Gasteiger partial charge < -0.3 is 0 Å². The number of aromatic nitrogens is 1. The summed E-state index contributed by atoms with van der Waals surface area (Å²) in [7, 11) is 2.15. The molecule has 3 rings (SSSR count). The van der Waals surface area contributed by atoms with Crippen molar-refractivity contribution in [3.05, 3.63) is 52.7 Å². The van der Waals surface area contributed by atoms with E-state index in [0.29, 0.717) is 5.92 Å². The molecule has 0 radical (unpaired) electrons. The smallest absolute Gasteiger partial charge is 0.201 e. The van der Waals surface area contributed by atoms with E-state index in [4.69, 9.17) is 0 Å². The van der Waals surface area contributed by atoms with Crippen LogP contribution >= 0.6 is 0 Å². The third-order valence-corrected chi connectivity index (χ3v) is 4.57. The maximum Gasteiger partial charge on any atom is 0.212 e. The first-order valence-electron chi connectivity index (χ1n) is 8.16. The van der Waals surface area contributed by atoms with Crippen LogP contribution in [0.25, 0.3) is 11.3 Å². The van der Waals surface area contributed by atoms with E-state index in [2.05, 4.69) is 62.8 Å². The molecule has 1 aromatic carbocycles. The van der Waals surface area contributed by atoms with E-state index in [1.165, 1.54) is 41.6 Å². The molecule has 21 heavy (non-hydrogen) atoms. The molecule has 1 aliphatic rings. The van der Waals surface area contributed by atoms with Gasteiger partial charge in [-0.05, 0) is 66.8 Å². The van der Waals surface area contributed by atoms with Gasteiger partial charge in [0.2, 0.25) is 5.69 Å². The SMILES string of the molecule is Cc1cc2c(cc1-c1cc(CC(C)C)cc[n+]1C)CCC2. The van der Waals surface area contributed by atoms with Crippen LogP contribution in [-0.2, 0) is 26.3 Å². The number of aryl methyl sites for hydroxylation is 4. The van der Waals surface area contributed by atoms with Gasteiger partial charge in [0, 0.05) is 17.7 Å². The zero-order valence-electron chi connectivity index (χ0n) is 13.7. The maximum absolute atomic E-state index is 2.44. The van der Waals surface area contributed by atoms with E-state index in [0.717, 1.165) is 6.42 Å². The van der Waals surface area contributed by atoms with E-state index in [-0.39, 0.29) is 0 Å². The maximum atomic E-state index is 2.44. The summed E-state index contributed by atoms with van der Waals surface area (Å²) < 4.78 is 2.26. The summed E-state index contributed by atoms with van der Waals surface area (Å²) in [4.78, 5) is 0. The van der Waals surface area contributed by atoms with Crippen molar-refractivity contribution in [2.45, 2.75) is 46.5 Å². The van der Waals surface area contributed by atoms with Crippen molar-refractivity contribution in [1.82, 2.24) is 0 Å². The second-order valence-corrected chi connectivity index (χ2v) is 6.92. The first-order valence-corrected chi connectivity index (χ1v) is 8.16. The number of rotatable bonds is 3. The molecule has 0 spiro atoms. The van der Waals surface area contributed by atoms with Gasteiger partial charge >= 0.3 is 0 Å². The van der Waals surface area contributed by atoms with Crippen molar-refractivity contribution >= 4 is 0 Å². The molecule has 0 unspecified atom stereocenters. The number of fused-ring (bicyclic) bond motifs is 1. The van der Waals surface area contributed by atoms with Crippen LogP contribution in [0.4, 0.5) is 0 Å². The molecule has 0 atom stereocenters. The summed E-state index contributed by atoms with van der Waals surface area (Å²) in [6, 6.07) is 9.48. The van der Waals surface area contributed by atoms with Gasteiger partial charge in [0.05, 0.1) is 0 Å². The topological polar surface area (TPSA) is 3.88 Å². The van der Waals surface area contributed by atoms with Gasteiger partial charge in [0.15, 0.2) is 6.20 Å². The monoisotopic (exact) mass is 280 g/mol. The molecule has 1 aliphatic carbocycles. The van der Waals surface area contributed by atoms with Gasteiger partial charge in [-0.15, -0.1) is 0 Å². The second-order valence-electron chi connectivity index (χ2n) is 6.92. The molecule has 0 amide bonds. The minimum Gasteiger partial charge on any atom is -0.201 e. The molecule has 1 heteroatoms. The normalized spacial score (nSPS) is 13.8. The van der Waals surface area contributed by atoms with Gasteiger partial charge in [-0.2, -0.15) is 0 Å². The van der Waals surface area contributed by atoms with Crippen LogP contribution in [0.1, 0.15) is 42.5 Å². The van der Waals surface area contributed by atoms with Crippen molar-refractivity contribution in [2.75, 3.05) is 0 Å². The second kappa shape index (κ2) is 5.63. The van der Waals surface area contributed by atoms with Gasteiger partial charge in [0.25, 0.3) is 0 Å². The fourth-order valence-corrected chi connectivity index (χ4v) is 3.50. The lowest BCUT2D eigenvalue weighted by atomic mass is 9.96. The third kappa shape index (κ3) is 2.88. The number of benzene rings is 1. The molecule has 0 bridgehead atoms. The highest BCUT2D eigenvalue weighted by molar-refractivity contribution is 5.64. The number of hydrogen-bond acceptors (Lipinski definition) is 0. The van der Waals surface area contributed by atoms with E-state index < -0.39 is 0 Å². The Labute approximate surface area is 128 Å². The Kier molecular flexibility index (Phi) is 3.84. The Balaban J connectivity index is 2.07. The molecule has 0 fully saturated rings. The zero-order valence-corrected chi connectivity index (χ0v) is 13.7. The van der Waals surface area contributed by atoms with E-state index >= 15 is 0 Å². The molecule has 1 nitrogen and oxygen atoms in total. The highest BCUT2D eigenvalue weighted by atomic mass is 14.9. The van der Waals surface area contributed by atoms with Gasteiger partial charge in [-0.3, -0.25) is 0 Å². The first-order chi connectivity index (χ1) is 10.0. The molecular formula is C20H26N+. The lowest BCUT2D eigenvalue weighted by Gasteiger charge is -2.10. The minimum absolute atomic E-state index is 0.701. The molecule has 0 aliphatic heterocycles. The van der Waals surface area contributed by atoms with Crippen LogP contribution in [-0.4, -0.2) is 0 Å². The fourth-order valence-electron chi connectivity index (χ4n) is 3.50. The lowest BCUT2D eigenvalue weighted by Crippen LogP contribution is -2.31. The zero-order chi connectivity index (χ0) is 15.0. The van der Waals surface area contributed by atoms with Crippen LogP contribution in [0.15, 0.2) is 30.5 Å². The number of nitrogens with zero attached hydrogens (tertiary/aromatic N) is 1. The third-order valence-electron chi connectivity index (χ3n) is 4.57. The quantitative estimate of drug-likeness (QED) is 0.743. The highest BCUT2D eigenvalue weighted by Gasteiger charge is 2.18. The molecule has 2 aromatic rings. The van der Waals surface area contributed by atoms with Crippen molar-refractivity contribution in [3.63, 3.8) is 0 Å². The van der Waals surface area contributed by atoms with Crippen LogP contribution in [0.3, 0.4) is 0 Å². The lowest BCUT2D eigenvalue weighted by molar-refractivity contribution is -0.660. The average Bonchev–Trinajstić information content (AvgIpc) is 2.86. The first kappa shape index (κ1) is 14.3. The summed E-state index contributed by atoms with van der Waals surface area (Å²) in [5.41, 5.74) is 8.73. The van der Waals surface area contributed by atoms with Crippen molar-refractivity contribution < 1.29 is 4.57 Å². The Morgan fingerprint density at radius 3 is 2.52 bits per heavy atom. The van der Waals surface area contributed by atoms with Gasteiger partial charge in [-0.1, -0.05) is 19.9 Å². The molecular weight excluding hydrogens is 254 g/mol. The van der Waals surface area contributed by atoms with Crippen LogP contribution in [0, 0.1) is 12.8 Å². The van der Waals surface area contributed by atoms with E-state index in [1.807, 2.05) is 0 Å². The summed E-state index contributed by atoms with van der Waals surface area (Å²) >= 11 is 0. The molecule has 1 heterocycles. The van der Waals surface area contributed by atoms with E-state index in [9.17, 15) is 0 Å². The standard InChI is InChI=1S/C20H26N/c1-14(2)10-16-8-9-21(4)20(12-16)19-13-18-7-5-6-17(18)11-15(19)3/h8-9,11-14H,5-7,10H2,1-4H3/q+1. The highest BCUT2D eigenvalue weighted by Crippen LogP contribution is 2.30. The van der Waals surface area contributed by atoms with Crippen LogP contribution < -0.4 is 4.57 Å². The largest absolute Gasteiger partial charge is 0.212 e. The minimum atomic E-state index is 0.701. The van der Waals surface area contributed by atoms with Crippen molar-refractivity contribution in [3.8, 4) is 11.3 Å². The predicted molar refractivity (Wildman–Crippen MR) is 88.4 cm³/mol. The Hall–Kier alpha value is -1.63. The average molecular weight is 280 g/mol. The molecule has 0 saturated carbocycles. The van der Waals surface area contributed by atoms with Gasteiger partial charge in [-0.25, -0.2) is 4.57 Å². The van der Waals surface area contributed by atoms with Crippen molar-refractivity contribution in [2.24, 2.45) is 13.0 Å². The summed E-state index contributed by atoms with van der Waals surface area (Å²) in [6.07, 6.45) is 7.18. The molecule has 0 saturated heterocycles. The van der Waals surface area contributed by atoms with E-state index in [1.54, 1.807) is 11.1 Å². The Bertz CT molecular complexity index is 668. The Morgan fingerprint density at radius 1 is 1.10 bits per heavy atom. The fraction of sp³-hybridized carbons (Fsp3) is 0.450. The summed E-state index contributed by atoms with van der Waals surface area (Å²) in [5.74, 6) is 0.701. The number of pyridine rings is 1. The molecule has 1 aromatic heterocycles. The molecule has 0 N–H and O–H groups in total. The number of hydrogen-bond donors (Lipinski definition) is 0. The summed E-state index contributed by atoms with van der Waals surface area (Å²) in [6.45, 7) is 6.82. The predicted octanol–water partition coefficient (Wildman–Crippen LogP) is 4.17. The van der Waals surface area contributed by atoms with Crippen LogP contribution in [0.2, 0.25) is 0 Å². The Morgan fingerprint density at radius 2 is 1.81 bits per heavy atom. The van der Waals surface area contributed by atoms with Crippen LogP contribution in [0.5, 0.6) is 0 Å². The van der Waals surface area contributed by atoms with Gasteiger partial charge in [0.1, 0.15) is 7.05 Å².